The molecule has 1 aliphatic heterocycles. The Balaban J connectivity index is 2.70. The van der Waals surface area contributed by atoms with Crippen LogP contribution in [0.15, 0.2) is 16.6 Å². The predicted molar refractivity (Wildman–Crippen MR) is 67.9 cm³/mol. The Labute approximate surface area is 112 Å². The number of benzene rings is 1. The summed E-state index contributed by atoms with van der Waals surface area (Å²) >= 11 is 3.03. The maximum atomic E-state index is 13.3. The number of carbonyl (C=O) groups is 1. The summed E-state index contributed by atoms with van der Waals surface area (Å²) in [7, 11) is -3.94. The second-order valence-electron chi connectivity index (χ2n) is 4.11. The number of anilines is 1. The van der Waals surface area contributed by atoms with Crippen molar-refractivity contribution in [3.05, 3.63) is 28.0 Å². The lowest BCUT2D eigenvalue weighted by atomic mass is 10.1. The van der Waals surface area contributed by atoms with Crippen molar-refractivity contribution in [3.8, 4) is 0 Å². The summed E-state index contributed by atoms with van der Waals surface area (Å²) in [5.41, 5.74) is 0.0590. The number of halogens is 2. The van der Waals surface area contributed by atoms with Gasteiger partial charge in [0.1, 0.15) is 5.82 Å². The predicted octanol–water partition coefficient (Wildman–Crippen LogP) is 2.11. The van der Waals surface area contributed by atoms with E-state index in [0.29, 0.717) is 4.31 Å². The molecule has 0 spiro atoms. The van der Waals surface area contributed by atoms with Gasteiger partial charge in [-0.05, 0) is 41.9 Å². The summed E-state index contributed by atoms with van der Waals surface area (Å²) in [6.07, 6.45) is 0. The van der Waals surface area contributed by atoms with Crippen LogP contribution in [-0.2, 0) is 10.2 Å². The van der Waals surface area contributed by atoms with E-state index in [4.69, 9.17) is 0 Å². The number of fused-ring (bicyclic) bond motifs is 1. The van der Waals surface area contributed by atoms with Gasteiger partial charge in [-0.1, -0.05) is 0 Å². The highest BCUT2D eigenvalue weighted by molar-refractivity contribution is 9.10. The number of hydrogen-bond acceptors (Lipinski definition) is 3. The lowest BCUT2D eigenvalue weighted by Crippen LogP contribution is -2.48. The van der Waals surface area contributed by atoms with Crippen LogP contribution in [-0.4, -0.2) is 24.7 Å². The average Bonchev–Trinajstić information content (AvgIpc) is 2.19. The molecule has 1 aromatic rings. The molecule has 0 aromatic heterocycles. The van der Waals surface area contributed by atoms with Gasteiger partial charge in [-0.25, -0.2) is 8.70 Å². The van der Waals surface area contributed by atoms with Crippen molar-refractivity contribution in [2.75, 3.05) is 4.72 Å². The maximum Gasteiger partial charge on any atom is 0.326 e. The monoisotopic (exact) mass is 336 g/mol. The third kappa shape index (κ3) is 1.99. The largest absolute Gasteiger partial charge is 0.326 e. The van der Waals surface area contributed by atoms with Crippen molar-refractivity contribution < 1.29 is 17.6 Å². The molecule has 0 unspecified atom stereocenters. The summed E-state index contributed by atoms with van der Waals surface area (Å²) in [5.74, 6) is -1.35. The van der Waals surface area contributed by atoms with E-state index in [1.54, 1.807) is 13.8 Å². The minimum Gasteiger partial charge on any atom is -0.268 e. The van der Waals surface area contributed by atoms with Gasteiger partial charge in [0, 0.05) is 10.5 Å². The van der Waals surface area contributed by atoms with Crippen LogP contribution in [0.3, 0.4) is 0 Å². The highest BCUT2D eigenvalue weighted by atomic mass is 79.9. The SMILES string of the molecule is CC(C)N1C(=O)c2cc(F)cc(Br)c2NS1(=O)=O. The van der Waals surface area contributed by atoms with Crippen LogP contribution in [0.5, 0.6) is 0 Å². The van der Waals surface area contributed by atoms with E-state index in [-0.39, 0.29) is 15.7 Å². The molecule has 18 heavy (non-hydrogen) atoms. The van der Waals surface area contributed by atoms with E-state index in [1.165, 1.54) is 0 Å². The summed E-state index contributed by atoms with van der Waals surface area (Å²) in [6, 6.07) is 1.56. The number of rotatable bonds is 1. The highest BCUT2D eigenvalue weighted by Gasteiger charge is 2.38. The summed E-state index contributed by atoms with van der Waals surface area (Å²) in [5, 5.41) is 0. The normalized spacial score (nSPS) is 17.6. The molecule has 0 bridgehead atoms. The first-order valence-electron chi connectivity index (χ1n) is 5.09. The van der Waals surface area contributed by atoms with Crippen LogP contribution in [0.4, 0.5) is 10.1 Å². The number of amides is 1. The quantitative estimate of drug-likeness (QED) is 0.854. The van der Waals surface area contributed by atoms with Crippen molar-refractivity contribution >= 4 is 37.7 Å². The first-order valence-corrected chi connectivity index (χ1v) is 7.33. The van der Waals surface area contributed by atoms with Crippen LogP contribution < -0.4 is 4.72 Å². The van der Waals surface area contributed by atoms with Gasteiger partial charge in [-0.3, -0.25) is 9.52 Å². The molecule has 1 amide bonds. The number of carbonyl (C=O) groups excluding carboxylic acids is 1. The fourth-order valence-corrected chi connectivity index (χ4v) is 3.87. The van der Waals surface area contributed by atoms with Crippen LogP contribution in [0.25, 0.3) is 0 Å². The average molecular weight is 337 g/mol. The topological polar surface area (TPSA) is 66.5 Å². The molecule has 0 fully saturated rings. The first-order chi connectivity index (χ1) is 8.24. The molecule has 0 saturated carbocycles. The van der Waals surface area contributed by atoms with Gasteiger partial charge in [0.25, 0.3) is 5.91 Å². The Hall–Kier alpha value is -1.15. The van der Waals surface area contributed by atoms with Crippen molar-refractivity contribution in [1.29, 1.82) is 0 Å². The molecule has 2 rings (SSSR count). The number of nitrogens with zero attached hydrogens (tertiary/aromatic N) is 1. The molecular formula is C10H10BrFN2O3S. The molecule has 98 valence electrons. The van der Waals surface area contributed by atoms with Crippen molar-refractivity contribution in [2.24, 2.45) is 0 Å². The highest BCUT2D eigenvalue weighted by Crippen LogP contribution is 2.34. The van der Waals surface area contributed by atoms with Gasteiger partial charge in [0.2, 0.25) is 0 Å². The van der Waals surface area contributed by atoms with E-state index < -0.39 is 28.0 Å². The molecule has 1 aromatic carbocycles. The standard InChI is InChI=1S/C10H10BrFN2O3S/c1-5(2)14-10(15)7-3-6(12)4-8(11)9(7)13-18(14,16)17/h3-5,13H,1-2H3. The van der Waals surface area contributed by atoms with Gasteiger partial charge in [-0.2, -0.15) is 8.42 Å². The van der Waals surface area contributed by atoms with Gasteiger partial charge in [0.05, 0.1) is 11.3 Å². The Morgan fingerprint density at radius 1 is 1.39 bits per heavy atom. The minimum atomic E-state index is -3.94. The van der Waals surface area contributed by atoms with E-state index >= 15 is 0 Å². The lowest BCUT2D eigenvalue weighted by molar-refractivity contribution is 0.0833. The summed E-state index contributed by atoms with van der Waals surface area (Å²) in [4.78, 5) is 12.1. The summed E-state index contributed by atoms with van der Waals surface area (Å²) in [6.45, 7) is 3.13. The number of nitrogens with one attached hydrogen (secondary N) is 1. The summed E-state index contributed by atoms with van der Waals surface area (Å²) < 4.78 is 40.2. The molecule has 1 heterocycles. The van der Waals surface area contributed by atoms with Gasteiger partial charge >= 0.3 is 10.2 Å². The maximum absolute atomic E-state index is 13.3. The molecule has 0 aliphatic carbocycles. The van der Waals surface area contributed by atoms with E-state index in [2.05, 4.69) is 20.7 Å². The first kappa shape index (κ1) is 13.3. The Kier molecular flexibility index (Phi) is 3.10. The molecule has 0 radical (unpaired) electrons. The van der Waals surface area contributed by atoms with Crippen LogP contribution in [0.2, 0.25) is 0 Å². The zero-order valence-corrected chi connectivity index (χ0v) is 12.0. The molecule has 0 atom stereocenters. The van der Waals surface area contributed by atoms with Crippen LogP contribution >= 0.6 is 15.9 Å². The Morgan fingerprint density at radius 3 is 2.56 bits per heavy atom. The van der Waals surface area contributed by atoms with Crippen molar-refractivity contribution in [2.45, 2.75) is 19.9 Å². The fourth-order valence-electron chi connectivity index (χ4n) is 1.76. The van der Waals surface area contributed by atoms with Crippen LogP contribution in [0.1, 0.15) is 24.2 Å². The van der Waals surface area contributed by atoms with Crippen LogP contribution in [0, 0.1) is 5.82 Å². The van der Waals surface area contributed by atoms with Gasteiger partial charge < -0.3 is 0 Å². The number of hydrogen-bond donors (Lipinski definition) is 1. The molecule has 1 aliphatic rings. The van der Waals surface area contributed by atoms with Crippen molar-refractivity contribution in [3.63, 3.8) is 0 Å². The lowest BCUT2D eigenvalue weighted by Gasteiger charge is -2.32. The second kappa shape index (κ2) is 4.20. The van der Waals surface area contributed by atoms with Gasteiger partial charge in [-0.15, -0.1) is 0 Å². The Bertz CT molecular complexity index is 630. The zero-order chi connectivity index (χ0) is 13.7. The van der Waals surface area contributed by atoms with Crippen molar-refractivity contribution in [1.82, 2.24) is 4.31 Å². The molecule has 8 heteroatoms. The molecular weight excluding hydrogens is 327 g/mol. The third-order valence-electron chi connectivity index (χ3n) is 2.44. The molecule has 0 saturated heterocycles. The molecule has 1 N–H and O–H groups in total. The van der Waals surface area contributed by atoms with E-state index in [1.807, 2.05) is 0 Å². The smallest absolute Gasteiger partial charge is 0.268 e. The fraction of sp³-hybridized carbons (Fsp3) is 0.300. The molecule has 5 nitrogen and oxygen atoms in total. The Morgan fingerprint density at radius 2 is 2.00 bits per heavy atom. The van der Waals surface area contributed by atoms with E-state index in [0.717, 1.165) is 12.1 Å². The van der Waals surface area contributed by atoms with Gasteiger partial charge in [0.15, 0.2) is 0 Å². The van der Waals surface area contributed by atoms with E-state index in [9.17, 15) is 17.6 Å². The zero-order valence-electron chi connectivity index (χ0n) is 9.57. The minimum absolute atomic E-state index is 0.00889. The second-order valence-corrected chi connectivity index (χ2v) is 6.51. The third-order valence-corrected chi connectivity index (χ3v) is 4.64.